The van der Waals surface area contributed by atoms with Gasteiger partial charge in [0.15, 0.2) is 0 Å². The number of morpholine rings is 1. The monoisotopic (exact) mass is 289 g/mol. The van der Waals surface area contributed by atoms with E-state index < -0.39 is 0 Å². The Labute approximate surface area is 125 Å². The summed E-state index contributed by atoms with van der Waals surface area (Å²) in [4.78, 5) is 20.7. The largest absolute Gasteiger partial charge is 0.378 e. The summed E-state index contributed by atoms with van der Waals surface area (Å²) in [6.45, 7) is 7.90. The van der Waals surface area contributed by atoms with Gasteiger partial charge in [-0.25, -0.2) is 4.98 Å². The number of aromatic nitrogens is 1. The first-order valence-electron chi connectivity index (χ1n) is 7.74. The number of amides is 1. The van der Waals surface area contributed by atoms with Crippen molar-refractivity contribution in [1.82, 2.24) is 9.88 Å². The Kier molecular flexibility index (Phi) is 4.10. The van der Waals surface area contributed by atoms with Gasteiger partial charge >= 0.3 is 0 Å². The van der Waals surface area contributed by atoms with Crippen molar-refractivity contribution < 1.29 is 9.53 Å². The Hall–Kier alpha value is -1.62. The Balaban J connectivity index is 1.82. The van der Waals surface area contributed by atoms with Crippen molar-refractivity contribution in [2.24, 2.45) is 0 Å². The van der Waals surface area contributed by atoms with Crippen LogP contribution in [0.5, 0.6) is 0 Å². The van der Waals surface area contributed by atoms with E-state index in [1.165, 1.54) is 5.56 Å². The van der Waals surface area contributed by atoms with E-state index in [1.54, 1.807) is 6.92 Å². The first-order chi connectivity index (χ1) is 10.2. The van der Waals surface area contributed by atoms with Gasteiger partial charge in [0.2, 0.25) is 5.91 Å². The van der Waals surface area contributed by atoms with E-state index in [9.17, 15) is 4.79 Å². The molecule has 1 amide bonds. The number of hydrogen-bond acceptors (Lipinski definition) is 4. The van der Waals surface area contributed by atoms with Crippen molar-refractivity contribution in [3.8, 4) is 0 Å². The highest BCUT2D eigenvalue weighted by molar-refractivity contribution is 5.74. The first kappa shape index (κ1) is 14.3. The van der Waals surface area contributed by atoms with Crippen LogP contribution >= 0.6 is 0 Å². The maximum atomic E-state index is 11.7. The molecule has 0 aliphatic carbocycles. The third-order valence-electron chi connectivity index (χ3n) is 4.46. The van der Waals surface area contributed by atoms with Gasteiger partial charge in [-0.1, -0.05) is 6.07 Å². The molecule has 0 saturated carbocycles. The van der Waals surface area contributed by atoms with Crippen molar-refractivity contribution >= 4 is 11.7 Å². The molecule has 3 heterocycles. The highest BCUT2D eigenvalue weighted by Gasteiger charge is 2.29. The number of likely N-dealkylation sites (tertiary alicyclic amines) is 1. The van der Waals surface area contributed by atoms with Crippen LogP contribution < -0.4 is 4.90 Å². The van der Waals surface area contributed by atoms with Crippen LogP contribution in [0.1, 0.15) is 37.1 Å². The molecule has 114 valence electrons. The SMILES string of the molecule is CC(=O)N1CCC[C@@H]1c1ccc(N2CCOCC2)nc1C. The van der Waals surface area contributed by atoms with Gasteiger partial charge in [0.05, 0.1) is 19.3 Å². The van der Waals surface area contributed by atoms with E-state index in [1.807, 2.05) is 4.90 Å². The quantitative estimate of drug-likeness (QED) is 0.834. The van der Waals surface area contributed by atoms with Crippen molar-refractivity contribution in [1.29, 1.82) is 0 Å². The molecule has 5 heteroatoms. The zero-order valence-electron chi connectivity index (χ0n) is 12.8. The predicted octanol–water partition coefficient (Wildman–Crippen LogP) is 1.91. The topological polar surface area (TPSA) is 45.7 Å². The van der Waals surface area contributed by atoms with Crippen LogP contribution in [0.4, 0.5) is 5.82 Å². The normalized spacial score (nSPS) is 22.7. The summed E-state index contributed by atoms with van der Waals surface area (Å²) in [7, 11) is 0. The number of aryl methyl sites for hydroxylation is 1. The first-order valence-corrected chi connectivity index (χ1v) is 7.74. The summed E-state index contributed by atoms with van der Waals surface area (Å²) in [5.41, 5.74) is 2.23. The van der Waals surface area contributed by atoms with E-state index in [2.05, 4.69) is 24.0 Å². The highest BCUT2D eigenvalue weighted by Crippen LogP contribution is 2.34. The zero-order valence-corrected chi connectivity index (χ0v) is 12.8. The lowest BCUT2D eigenvalue weighted by molar-refractivity contribution is -0.129. The minimum absolute atomic E-state index is 0.161. The number of nitrogens with zero attached hydrogens (tertiary/aromatic N) is 3. The Morgan fingerprint density at radius 2 is 2.05 bits per heavy atom. The van der Waals surface area contributed by atoms with Crippen LogP contribution in [0, 0.1) is 6.92 Å². The van der Waals surface area contributed by atoms with E-state index in [0.29, 0.717) is 0 Å². The molecule has 2 saturated heterocycles. The minimum Gasteiger partial charge on any atom is -0.378 e. The molecule has 2 aliphatic heterocycles. The molecule has 1 aromatic heterocycles. The summed E-state index contributed by atoms with van der Waals surface area (Å²) < 4.78 is 5.38. The molecule has 0 aromatic carbocycles. The van der Waals surface area contributed by atoms with Crippen LogP contribution in [0.3, 0.4) is 0 Å². The highest BCUT2D eigenvalue weighted by atomic mass is 16.5. The molecule has 0 spiro atoms. The second-order valence-corrected chi connectivity index (χ2v) is 5.81. The van der Waals surface area contributed by atoms with E-state index in [0.717, 1.165) is 57.2 Å². The van der Waals surface area contributed by atoms with Crippen molar-refractivity contribution in [3.63, 3.8) is 0 Å². The fourth-order valence-corrected chi connectivity index (χ4v) is 3.35. The van der Waals surface area contributed by atoms with Crippen molar-refractivity contribution in [3.05, 3.63) is 23.4 Å². The summed E-state index contributed by atoms with van der Waals surface area (Å²) in [5.74, 6) is 1.18. The molecule has 0 unspecified atom stereocenters. The minimum atomic E-state index is 0.161. The van der Waals surface area contributed by atoms with Gasteiger partial charge in [-0.05, 0) is 31.4 Å². The second kappa shape index (κ2) is 6.02. The summed E-state index contributed by atoms with van der Waals surface area (Å²) >= 11 is 0. The van der Waals surface area contributed by atoms with E-state index in [4.69, 9.17) is 9.72 Å². The van der Waals surface area contributed by atoms with Crippen LogP contribution in [0.15, 0.2) is 12.1 Å². The number of carbonyl (C=O) groups excluding carboxylic acids is 1. The van der Waals surface area contributed by atoms with Gasteiger partial charge in [-0.15, -0.1) is 0 Å². The van der Waals surface area contributed by atoms with Crippen LogP contribution in [-0.4, -0.2) is 48.6 Å². The van der Waals surface area contributed by atoms with E-state index in [-0.39, 0.29) is 11.9 Å². The maximum absolute atomic E-state index is 11.7. The van der Waals surface area contributed by atoms with Gasteiger partial charge in [-0.3, -0.25) is 4.79 Å². The standard InChI is InChI=1S/C16H23N3O2/c1-12-14(15-4-3-7-19(15)13(2)20)5-6-16(17-12)18-8-10-21-11-9-18/h5-6,15H,3-4,7-11H2,1-2H3/t15-/m1/s1. The smallest absolute Gasteiger partial charge is 0.219 e. The van der Waals surface area contributed by atoms with Gasteiger partial charge in [0.1, 0.15) is 5.82 Å². The number of carbonyl (C=O) groups is 1. The molecule has 3 rings (SSSR count). The molecule has 5 nitrogen and oxygen atoms in total. The summed E-state index contributed by atoms with van der Waals surface area (Å²) in [6.07, 6.45) is 2.12. The molecule has 21 heavy (non-hydrogen) atoms. The van der Waals surface area contributed by atoms with Crippen LogP contribution in [0.2, 0.25) is 0 Å². The van der Waals surface area contributed by atoms with Gasteiger partial charge < -0.3 is 14.5 Å². The average Bonchev–Trinajstić information content (AvgIpc) is 2.97. The molecule has 2 aliphatic rings. The van der Waals surface area contributed by atoms with Crippen LogP contribution in [0.25, 0.3) is 0 Å². The van der Waals surface area contributed by atoms with Gasteiger partial charge in [0.25, 0.3) is 0 Å². The average molecular weight is 289 g/mol. The van der Waals surface area contributed by atoms with Gasteiger partial charge in [-0.2, -0.15) is 0 Å². The zero-order chi connectivity index (χ0) is 14.8. The predicted molar refractivity (Wildman–Crippen MR) is 81.4 cm³/mol. The molecule has 0 bridgehead atoms. The summed E-state index contributed by atoms with van der Waals surface area (Å²) in [5, 5.41) is 0. The lowest BCUT2D eigenvalue weighted by Crippen LogP contribution is -2.37. The number of rotatable bonds is 2. The van der Waals surface area contributed by atoms with E-state index >= 15 is 0 Å². The molecular formula is C16H23N3O2. The Bertz CT molecular complexity index is 526. The number of hydrogen-bond donors (Lipinski definition) is 0. The van der Waals surface area contributed by atoms with Crippen molar-refractivity contribution in [2.45, 2.75) is 32.7 Å². The van der Waals surface area contributed by atoms with Crippen molar-refractivity contribution in [2.75, 3.05) is 37.7 Å². The molecule has 1 aromatic rings. The maximum Gasteiger partial charge on any atom is 0.219 e. The lowest BCUT2D eigenvalue weighted by Gasteiger charge is -2.29. The Morgan fingerprint density at radius 3 is 2.71 bits per heavy atom. The number of ether oxygens (including phenoxy) is 1. The van der Waals surface area contributed by atoms with Crippen LogP contribution in [-0.2, 0) is 9.53 Å². The molecule has 1 atom stereocenters. The molecule has 0 N–H and O–H groups in total. The molecule has 0 radical (unpaired) electrons. The third kappa shape index (κ3) is 2.88. The fourth-order valence-electron chi connectivity index (χ4n) is 3.35. The van der Waals surface area contributed by atoms with Gasteiger partial charge in [0, 0.05) is 32.3 Å². The summed E-state index contributed by atoms with van der Waals surface area (Å²) in [6, 6.07) is 4.44. The third-order valence-corrected chi connectivity index (χ3v) is 4.46. The molecular weight excluding hydrogens is 266 g/mol. The number of anilines is 1. The Morgan fingerprint density at radius 1 is 1.29 bits per heavy atom. The fraction of sp³-hybridized carbons (Fsp3) is 0.625. The number of pyridine rings is 1. The molecule has 2 fully saturated rings. The lowest BCUT2D eigenvalue weighted by atomic mass is 10.0. The second-order valence-electron chi connectivity index (χ2n) is 5.81.